The van der Waals surface area contributed by atoms with Gasteiger partial charge >= 0.3 is 12.1 Å². The molecule has 0 spiro atoms. The van der Waals surface area contributed by atoms with Gasteiger partial charge in [-0.05, 0) is 58.2 Å². The van der Waals surface area contributed by atoms with Crippen LogP contribution in [0.15, 0.2) is 30.9 Å². The summed E-state index contributed by atoms with van der Waals surface area (Å²) in [5, 5.41) is 14.9. The van der Waals surface area contributed by atoms with E-state index in [4.69, 9.17) is 9.47 Å². The average Bonchev–Trinajstić information content (AvgIpc) is 2.78. The van der Waals surface area contributed by atoms with Gasteiger partial charge in [-0.1, -0.05) is 24.3 Å². The summed E-state index contributed by atoms with van der Waals surface area (Å²) in [7, 11) is 0. The fourth-order valence-electron chi connectivity index (χ4n) is 3.32. The van der Waals surface area contributed by atoms with Crippen molar-refractivity contribution in [3.63, 3.8) is 0 Å². The molecule has 0 aliphatic heterocycles. The maximum absolute atomic E-state index is 13.5. The molecule has 200 valence electrons. The van der Waals surface area contributed by atoms with Crippen molar-refractivity contribution in [3.05, 3.63) is 47.5 Å². The molecule has 2 atom stereocenters. The standard InChI is InChI=1S/C26H39N3O7/c1-8-14-29(24(33)20(16-30)28-25(34)36-26(5,6)7)22(19-11-10-17(3)18(4)15-19)23(32)27-13-12-21(31)35-9-2/h8,10-11,15,20,22,30H,1,9,12-14,16H2,2-7H3,(H,27,32)(H,28,34). The minimum Gasteiger partial charge on any atom is -0.466 e. The number of amides is 3. The average molecular weight is 506 g/mol. The summed E-state index contributed by atoms with van der Waals surface area (Å²) in [6, 6.07) is 2.88. The van der Waals surface area contributed by atoms with E-state index in [1.54, 1.807) is 39.8 Å². The van der Waals surface area contributed by atoms with Gasteiger partial charge in [0.05, 0.1) is 19.6 Å². The summed E-state index contributed by atoms with van der Waals surface area (Å²) >= 11 is 0. The highest BCUT2D eigenvalue weighted by Crippen LogP contribution is 2.25. The molecular formula is C26H39N3O7. The Morgan fingerprint density at radius 2 is 1.83 bits per heavy atom. The van der Waals surface area contributed by atoms with E-state index in [-0.39, 0.29) is 26.1 Å². The fourth-order valence-corrected chi connectivity index (χ4v) is 3.32. The van der Waals surface area contributed by atoms with Crippen LogP contribution in [0.5, 0.6) is 0 Å². The van der Waals surface area contributed by atoms with Crippen LogP contribution in [0.4, 0.5) is 4.79 Å². The molecular weight excluding hydrogens is 466 g/mol. The number of benzene rings is 1. The number of carbonyl (C=O) groups excluding carboxylic acids is 4. The zero-order valence-electron chi connectivity index (χ0n) is 22.1. The number of esters is 1. The highest BCUT2D eigenvalue weighted by atomic mass is 16.6. The molecule has 1 aromatic rings. The van der Waals surface area contributed by atoms with Gasteiger partial charge in [-0.15, -0.1) is 6.58 Å². The number of aliphatic hydroxyl groups is 1. The van der Waals surface area contributed by atoms with Gasteiger partial charge in [0.25, 0.3) is 0 Å². The molecule has 0 radical (unpaired) electrons. The zero-order valence-corrected chi connectivity index (χ0v) is 22.1. The van der Waals surface area contributed by atoms with Crippen LogP contribution in [0.3, 0.4) is 0 Å². The Labute approximate surface area is 213 Å². The van der Waals surface area contributed by atoms with Gasteiger partial charge in [-0.25, -0.2) is 4.79 Å². The molecule has 0 heterocycles. The molecule has 0 aliphatic rings. The predicted octanol–water partition coefficient (Wildman–Crippen LogP) is 2.31. The highest BCUT2D eigenvalue weighted by molar-refractivity contribution is 5.92. The Balaban J connectivity index is 3.30. The number of aliphatic hydroxyl groups excluding tert-OH is 1. The molecule has 10 heteroatoms. The van der Waals surface area contributed by atoms with Crippen LogP contribution in [0.25, 0.3) is 0 Å². The number of ether oxygens (including phenoxy) is 2. The third-order valence-electron chi connectivity index (χ3n) is 5.12. The van der Waals surface area contributed by atoms with E-state index in [1.165, 1.54) is 11.0 Å². The first kappa shape index (κ1) is 30.6. The molecule has 0 bridgehead atoms. The van der Waals surface area contributed by atoms with E-state index in [1.807, 2.05) is 19.9 Å². The van der Waals surface area contributed by atoms with Crippen molar-refractivity contribution in [3.8, 4) is 0 Å². The first-order valence-electron chi connectivity index (χ1n) is 11.9. The number of carbonyl (C=O) groups is 4. The van der Waals surface area contributed by atoms with E-state index in [0.29, 0.717) is 5.56 Å². The second-order valence-corrected chi connectivity index (χ2v) is 9.25. The number of nitrogens with one attached hydrogen (secondary N) is 2. The molecule has 3 N–H and O–H groups in total. The Bertz CT molecular complexity index is 940. The highest BCUT2D eigenvalue weighted by Gasteiger charge is 2.35. The molecule has 0 saturated carbocycles. The number of hydrogen-bond donors (Lipinski definition) is 3. The first-order chi connectivity index (χ1) is 16.8. The van der Waals surface area contributed by atoms with E-state index >= 15 is 0 Å². The second kappa shape index (κ2) is 14.2. The molecule has 36 heavy (non-hydrogen) atoms. The monoisotopic (exact) mass is 505 g/mol. The summed E-state index contributed by atoms with van der Waals surface area (Å²) in [6.45, 7) is 13.7. The lowest BCUT2D eigenvalue weighted by molar-refractivity contribution is -0.144. The quantitative estimate of drug-likeness (QED) is 0.293. The maximum Gasteiger partial charge on any atom is 0.408 e. The van der Waals surface area contributed by atoms with Crippen molar-refractivity contribution < 1.29 is 33.8 Å². The van der Waals surface area contributed by atoms with Gasteiger partial charge in [-0.3, -0.25) is 14.4 Å². The van der Waals surface area contributed by atoms with E-state index in [0.717, 1.165) is 11.1 Å². The molecule has 1 aromatic carbocycles. The summed E-state index contributed by atoms with van der Waals surface area (Å²) < 4.78 is 10.1. The summed E-state index contributed by atoms with van der Waals surface area (Å²) in [6.07, 6.45) is 0.531. The van der Waals surface area contributed by atoms with Crippen LogP contribution < -0.4 is 10.6 Å². The van der Waals surface area contributed by atoms with Crippen molar-refractivity contribution in [2.45, 2.75) is 65.6 Å². The third-order valence-corrected chi connectivity index (χ3v) is 5.12. The molecule has 10 nitrogen and oxygen atoms in total. The number of alkyl carbamates (subject to hydrolysis) is 1. The number of aryl methyl sites for hydroxylation is 2. The van der Waals surface area contributed by atoms with E-state index in [2.05, 4.69) is 17.2 Å². The van der Waals surface area contributed by atoms with Gasteiger partial charge in [-0.2, -0.15) is 0 Å². The van der Waals surface area contributed by atoms with Gasteiger partial charge in [0, 0.05) is 13.1 Å². The van der Waals surface area contributed by atoms with Crippen molar-refractivity contribution in [2.24, 2.45) is 0 Å². The van der Waals surface area contributed by atoms with Crippen molar-refractivity contribution in [1.82, 2.24) is 15.5 Å². The summed E-state index contributed by atoms with van der Waals surface area (Å²) in [5.74, 6) is -1.69. The zero-order chi connectivity index (χ0) is 27.5. The predicted molar refractivity (Wildman–Crippen MR) is 135 cm³/mol. The summed E-state index contributed by atoms with van der Waals surface area (Å²) in [5.41, 5.74) is 1.63. The van der Waals surface area contributed by atoms with Crippen molar-refractivity contribution >= 4 is 23.9 Å². The van der Waals surface area contributed by atoms with Gasteiger partial charge in [0.1, 0.15) is 17.7 Å². The Kier molecular flexibility index (Phi) is 12.1. The molecule has 1 rings (SSSR count). The normalized spacial score (nSPS) is 12.6. The Morgan fingerprint density at radius 1 is 1.17 bits per heavy atom. The van der Waals surface area contributed by atoms with Gasteiger partial charge in [0.2, 0.25) is 11.8 Å². The second-order valence-electron chi connectivity index (χ2n) is 9.25. The van der Waals surface area contributed by atoms with E-state index in [9.17, 15) is 24.3 Å². The Hall–Kier alpha value is -3.40. The number of rotatable bonds is 12. The van der Waals surface area contributed by atoms with Crippen LogP contribution in [-0.2, 0) is 23.9 Å². The largest absolute Gasteiger partial charge is 0.466 e. The van der Waals surface area contributed by atoms with Crippen LogP contribution in [0, 0.1) is 13.8 Å². The smallest absolute Gasteiger partial charge is 0.408 e. The van der Waals surface area contributed by atoms with Gasteiger partial charge in [0.15, 0.2) is 0 Å². The van der Waals surface area contributed by atoms with Crippen molar-refractivity contribution in [2.75, 3.05) is 26.3 Å². The third kappa shape index (κ3) is 9.69. The molecule has 0 aromatic heterocycles. The minimum atomic E-state index is -1.36. The van der Waals surface area contributed by atoms with Crippen molar-refractivity contribution in [1.29, 1.82) is 0 Å². The van der Waals surface area contributed by atoms with Gasteiger partial charge < -0.3 is 30.1 Å². The molecule has 0 fully saturated rings. The van der Waals surface area contributed by atoms with Crippen LogP contribution >= 0.6 is 0 Å². The molecule has 0 saturated heterocycles. The maximum atomic E-state index is 13.5. The van der Waals surface area contributed by atoms with Crippen LogP contribution in [0.1, 0.15) is 56.8 Å². The lowest BCUT2D eigenvalue weighted by Gasteiger charge is -2.33. The minimum absolute atomic E-state index is 0.00865. The molecule has 0 aliphatic carbocycles. The topological polar surface area (TPSA) is 134 Å². The van der Waals surface area contributed by atoms with Crippen LogP contribution in [-0.4, -0.2) is 71.8 Å². The molecule has 2 unspecified atom stereocenters. The lowest BCUT2D eigenvalue weighted by Crippen LogP contribution is -2.54. The molecule has 3 amide bonds. The SMILES string of the molecule is C=CCN(C(=O)C(CO)NC(=O)OC(C)(C)C)C(C(=O)NCCC(=O)OCC)c1ccc(C)c(C)c1. The fraction of sp³-hybridized carbons (Fsp3) is 0.538. The number of hydrogen-bond acceptors (Lipinski definition) is 7. The first-order valence-corrected chi connectivity index (χ1v) is 11.9. The summed E-state index contributed by atoms with van der Waals surface area (Å²) in [4.78, 5) is 52.0. The number of nitrogens with zero attached hydrogens (tertiary/aromatic N) is 1. The van der Waals surface area contributed by atoms with Crippen LogP contribution in [0.2, 0.25) is 0 Å². The Morgan fingerprint density at radius 3 is 2.36 bits per heavy atom. The lowest BCUT2D eigenvalue weighted by atomic mass is 9.98. The van der Waals surface area contributed by atoms with E-state index < -0.39 is 48.2 Å².